The van der Waals surface area contributed by atoms with Crippen LogP contribution in [0.4, 0.5) is 0 Å². The lowest BCUT2D eigenvalue weighted by Crippen LogP contribution is -2.52. The van der Waals surface area contributed by atoms with Crippen molar-refractivity contribution in [1.29, 1.82) is 0 Å². The van der Waals surface area contributed by atoms with Crippen LogP contribution in [0.25, 0.3) is 0 Å². The summed E-state index contributed by atoms with van der Waals surface area (Å²) in [5.41, 5.74) is 6.34. The van der Waals surface area contributed by atoms with E-state index >= 15 is 0 Å². The van der Waals surface area contributed by atoms with Gasteiger partial charge in [0.05, 0.1) is 24.8 Å². The number of nitrogens with zero attached hydrogens (tertiary/aromatic N) is 1. The third-order valence-corrected chi connectivity index (χ3v) is 3.56. The molecule has 0 aliphatic carbocycles. The number of amides is 1. The van der Waals surface area contributed by atoms with Crippen molar-refractivity contribution >= 4 is 21.8 Å². The zero-order valence-corrected chi connectivity index (χ0v) is 11.0. The van der Waals surface area contributed by atoms with Crippen LogP contribution in [0.5, 0.6) is 0 Å². The van der Waals surface area contributed by atoms with E-state index in [4.69, 9.17) is 10.5 Å². The number of carbonyl (C=O) groups is 1. The first-order valence-corrected chi connectivity index (χ1v) is 6.36. The predicted molar refractivity (Wildman–Crippen MR) is 68.8 cm³/mol. The second-order valence-corrected chi connectivity index (χ2v) is 4.80. The van der Waals surface area contributed by atoms with Gasteiger partial charge in [-0.05, 0) is 28.1 Å². The lowest BCUT2D eigenvalue weighted by Gasteiger charge is -2.35. The van der Waals surface area contributed by atoms with Crippen LogP contribution < -0.4 is 5.73 Å². The van der Waals surface area contributed by atoms with Gasteiger partial charge in [-0.1, -0.05) is 12.1 Å². The van der Waals surface area contributed by atoms with E-state index < -0.39 is 0 Å². The van der Waals surface area contributed by atoms with Crippen molar-refractivity contribution in [3.8, 4) is 0 Å². The summed E-state index contributed by atoms with van der Waals surface area (Å²) in [6, 6.07) is 7.40. The molecule has 2 N–H and O–H groups in total. The Balaban J connectivity index is 2.21. The lowest BCUT2D eigenvalue weighted by atomic mass is 10.1. The van der Waals surface area contributed by atoms with Gasteiger partial charge in [0, 0.05) is 17.6 Å². The van der Waals surface area contributed by atoms with Crippen LogP contribution in [-0.2, 0) is 4.74 Å². The lowest BCUT2D eigenvalue weighted by molar-refractivity contribution is 0.000789. The van der Waals surface area contributed by atoms with Crippen LogP contribution in [0, 0.1) is 0 Å². The minimum absolute atomic E-state index is 0.0104. The van der Waals surface area contributed by atoms with Gasteiger partial charge < -0.3 is 15.4 Å². The van der Waals surface area contributed by atoms with Gasteiger partial charge in [-0.15, -0.1) is 0 Å². The Morgan fingerprint density at radius 1 is 1.53 bits per heavy atom. The molecule has 1 aliphatic rings. The van der Waals surface area contributed by atoms with Crippen molar-refractivity contribution in [2.24, 2.45) is 5.73 Å². The Morgan fingerprint density at radius 3 is 3.00 bits per heavy atom. The van der Waals surface area contributed by atoms with Crippen LogP contribution in [0.2, 0.25) is 0 Å². The third kappa shape index (κ3) is 2.68. The highest BCUT2D eigenvalue weighted by atomic mass is 79.9. The van der Waals surface area contributed by atoms with Crippen molar-refractivity contribution in [3.63, 3.8) is 0 Å². The molecule has 1 unspecified atom stereocenters. The number of halogens is 1. The number of nitrogens with two attached hydrogens (primary N) is 1. The zero-order chi connectivity index (χ0) is 12.3. The van der Waals surface area contributed by atoms with Crippen LogP contribution in [-0.4, -0.2) is 43.2 Å². The molecular formula is C12H15BrN2O2. The summed E-state index contributed by atoms with van der Waals surface area (Å²) in [7, 11) is 0. The number of hydrogen-bond donors (Lipinski definition) is 1. The fourth-order valence-corrected chi connectivity index (χ4v) is 2.36. The molecule has 0 radical (unpaired) electrons. The summed E-state index contributed by atoms with van der Waals surface area (Å²) in [5, 5.41) is 0. The fraction of sp³-hybridized carbons (Fsp3) is 0.417. The van der Waals surface area contributed by atoms with Crippen LogP contribution in [0.3, 0.4) is 0 Å². The molecule has 17 heavy (non-hydrogen) atoms. The molecule has 0 bridgehead atoms. The van der Waals surface area contributed by atoms with E-state index in [0.29, 0.717) is 31.9 Å². The molecule has 1 aromatic rings. The van der Waals surface area contributed by atoms with Crippen LogP contribution in [0.15, 0.2) is 28.7 Å². The normalized spacial score (nSPS) is 20.4. The average Bonchev–Trinajstić information content (AvgIpc) is 2.38. The van der Waals surface area contributed by atoms with Gasteiger partial charge in [-0.25, -0.2) is 0 Å². The molecule has 2 rings (SSSR count). The minimum Gasteiger partial charge on any atom is -0.377 e. The Morgan fingerprint density at radius 2 is 2.29 bits per heavy atom. The number of rotatable bonds is 2. The van der Waals surface area contributed by atoms with Gasteiger partial charge in [0.2, 0.25) is 0 Å². The maximum absolute atomic E-state index is 12.4. The SMILES string of the molecule is NCC1COCCN1C(=O)c1ccccc1Br. The van der Waals surface area contributed by atoms with Gasteiger partial charge in [0.15, 0.2) is 0 Å². The van der Waals surface area contributed by atoms with E-state index in [0.717, 1.165) is 4.47 Å². The van der Waals surface area contributed by atoms with Crippen LogP contribution in [0.1, 0.15) is 10.4 Å². The second kappa shape index (κ2) is 5.62. The highest BCUT2D eigenvalue weighted by Crippen LogP contribution is 2.19. The summed E-state index contributed by atoms with van der Waals surface area (Å²) in [4.78, 5) is 14.2. The van der Waals surface area contributed by atoms with E-state index in [1.54, 1.807) is 4.90 Å². The Bertz CT molecular complexity index is 411. The third-order valence-electron chi connectivity index (χ3n) is 2.86. The predicted octanol–water partition coefficient (Wildman–Crippen LogP) is 1.25. The number of hydrogen-bond acceptors (Lipinski definition) is 3. The molecule has 4 nitrogen and oxygen atoms in total. The molecule has 0 saturated carbocycles. The Hall–Kier alpha value is -0.910. The van der Waals surface area contributed by atoms with Crippen molar-refractivity contribution in [2.75, 3.05) is 26.3 Å². The molecule has 0 aromatic heterocycles. The fourth-order valence-electron chi connectivity index (χ4n) is 1.91. The summed E-state index contributed by atoms with van der Waals surface area (Å²) in [5.74, 6) is 0.0104. The van der Waals surface area contributed by atoms with Crippen LogP contribution >= 0.6 is 15.9 Å². The van der Waals surface area contributed by atoms with Crippen molar-refractivity contribution in [3.05, 3.63) is 34.3 Å². The molecular weight excluding hydrogens is 284 g/mol. The van der Waals surface area contributed by atoms with Crippen molar-refractivity contribution in [1.82, 2.24) is 4.90 Å². The average molecular weight is 299 g/mol. The highest BCUT2D eigenvalue weighted by molar-refractivity contribution is 9.10. The monoisotopic (exact) mass is 298 g/mol. The van der Waals surface area contributed by atoms with Crippen molar-refractivity contribution in [2.45, 2.75) is 6.04 Å². The topological polar surface area (TPSA) is 55.6 Å². The molecule has 92 valence electrons. The molecule has 0 spiro atoms. The van der Waals surface area contributed by atoms with E-state index in [2.05, 4.69) is 15.9 Å². The largest absolute Gasteiger partial charge is 0.377 e. The smallest absolute Gasteiger partial charge is 0.255 e. The Labute approximate surface area is 109 Å². The first kappa shape index (κ1) is 12.5. The number of ether oxygens (including phenoxy) is 1. The van der Waals surface area contributed by atoms with E-state index in [1.165, 1.54) is 0 Å². The molecule has 1 atom stereocenters. The standard InChI is InChI=1S/C12H15BrN2O2/c13-11-4-2-1-3-10(11)12(16)15-5-6-17-8-9(15)7-14/h1-4,9H,5-8,14H2. The molecule has 1 aliphatic heterocycles. The maximum Gasteiger partial charge on any atom is 0.255 e. The van der Waals surface area contributed by atoms with Gasteiger partial charge in [0.25, 0.3) is 5.91 Å². The minimum atomic E-state index is -0.0247. The summed E-state index contributed by atoms with van der Waals surface area (Å²) in [6.45, 7) is 2.12. The van der Waals surface area contributed by atoms with Gasteiger partial charge in [-0.3, -0.25) is 4.79 Å². The number of morpholine rings is 1. The highest BCUT2D eigenvalue weighted by Gasteiger charge is 2.27. The number of carbonyl (C=O) groups excluding carboxylic acids is 1. The Kier molecular flexibility index (Phi) is 4.15. The zero-order valence-electron chi connectivity index (χ0n) is 9.43. The first-order chi connectivity index (χ1) is 8.24. The van der Waals surface area contributed by atoms with Gasteiger partial charge in [0.1, 0.15) is 0 Å². The van der Waals surface area contributed by atoms with Gasteiger partial charge >= 0.3 is 0 Å². The molecule has 5 heteroatoms. The number of benzene rings is 1. The maximum atomic E-state index is 12.4. The molecule has 1 fully saturated rings. The molecule has 1 heterocycles. The van der Waals surface area contributed by atoms with E-state index in [1.807, 2.05) is 24.3 Å². The van der Waals surface area contributed by atoms with Gasteiger partial charge in [-0.2, -0.15) is 0 Å². The van der Waals surface area contributed by atoms with Crippen molar-refractivity contribution < 1.29 is 9.53 Å². The molecule has 1 aromatic carbocycles. The van der Waals surface area contributed by atoms with E-state index in [-0.39, 0.29) is 11.9 Å². The van der Waals surface area contributed by atoms with E-state index in [9.17, 15) is 4.79 Å². The molecule has 1 saturated heterocycles. The summed E-state index contributed by atoms with van der Waals surface area (Å²) >= 11 is 3.40. The summed E-state index contributed by atoms with van der Waals surface area (Å²) in [6.07, 6.45) is 0. The quantitative estimate of drug-likeness (QED) is 0.894. The summed E-state index contributed by atoms with van der Waals surface area (Å²) < 4.78 is 6.15. The first-order valence-electron chi connectivity index (χ1n) is 5.57. The molecule has 1 amide bonds. The second-order valence-electron chi connectivity index (χ2n) is 3.94.